The van der Waals surface area contributed by atoms with Crippen molar-refractivity contribution in [1.82, 2.24) is 9.59 Å². The minimum absolute atomic E-state index is 0.0470. The van der Waals surface area contributed by atoms with E-state index in [2.05, 4.69) is 20.2 Å². The molecule has 90 valence electrons. The molecule has 0 radical (unpaired) electrons. The lowest BCUT2D eigenvalue weighted by Gasteiger charge is -2.03. The normalized spacial score (nSPS) is 13.0. The van der Waals surface area contributed by atoms with Crippen LogP contribution in [0.5, 0.6) is 0 Å². The summed E-state index contributed by atoms with van der Waals surface area (Å²) in [5.74, 6) is -0.280. The number of aromatic nitrogens is 2. The highest BCUT2D eigenvalue weighted by atomic mass is 32.1. The molecule has 1 aliphatic rings. The van der Waals surface area contributed by atoms with Gasteiger partial charge < -0.3 is 10.6 Å². The molecule has 0 saturated carbocycles. The van der Waals surface area contributed by atoms with Crippen molar-refractivity contribution in [1.29, 1.82) is 0 Å². The van der Waals surface area contributed by atoms with E-state index in [-0.39, 0.29) is 11.8 Å². The van der Waals surface area contributed by atoms with Gasteiger partial charge in [0.15, 0.2) is 0 Å². The fourth-order valence-corrected chi connectivity index (χ4v) is 2.19. The van der Waals surface area contributed by atoms with Crippen LogP contribution in [0.25, 0.3) is 0 Å². The standard InChI is InChI=1S/C11H8N4O2S/c16-9-4-7-3-6(1-2-8(7)13-9)11(17)14-10-5-12-15-18-10/h1-3,5H,4H2,(H,13,16)(H,14,17). The van der Waals surface area contributed by atoms with Crippen molar-refractivity contribution in [2.45, 2.75) is 6.42 Å². The van der Waals surface area contributed by atoms with Crippen molar-refractivity contribution in [2.24, 2.45) is 0 Å². The van der Waals surface area contributed by atoms with Crippen LogP contribution in [-0.4, -0.2) is 21.4 Å². The average Bonchev–Trinajstić information content (AvgIpc) is 2.95. The molecule has 7 heteroatoms. The van der Waals surface area contributed by atoms with E-state index in [1.807, 2.05) is 0 Å². The van der Waals surface area contributed by atoms with Crippen molar-refractivity contribution in [2.75, 3.05) is 10.6 Å². The Labute approximate surface area is 106 Å². The number of carbonyl (C=O) groups is 2. The highest BCUT2D eigenvalue weighted by molar-refractivity contribution is 7.10. The van der Waals surface area contributed by atoms with Gasteiger partial charge in [0.25, 0.3) is 5.91 Å². The predicted octanol–water partition coefficient (Wildman–Crippen LogP) is 1.28. The molecular formula is C11H8N4O2S. The van der Waals surface area contributed by atoms with Gasteiger partial charge in [-0.2, -0.15) is 0 Å². The smallest absolute Gasteiger partial charge is 0.256 e. The molecule has 2 N–H and O–H groups in total. The summed E-state index contributed by atoms with van der Waals surface area (Å²) in [6.45, 7) is 0. The van der Waals surface area contributed by atoms with E-state index in [0.29, 0.717) is 17.0 Å². The van der Waals surface area contributed by atoms with Gasteiger partial charge in [0.05, 0.1) is 12.6 Å². The molecule has 6 nitrogen and oxygen atoms in total. The summed E-state index contributed by atoms with van der Waals surface area (Å²) >= 11 is 1.11. The van der Waals surface area contributed by atoms with Crippen LogP contribution in [-0.2, 0) is 11.2 Å². The van der Waals surface area contributed by atoms with Crippen molar-refractivity contribution in [3.05, 3.63) is 35.5 Å². The van der Waals surface area contributed by atoms with E-state index in [1.54, 1.807) is 18.2 Å². The first-order valence-corrected chi connectivity index (χ1v) is 6.01. The Morgan fingerprint density at radius 3 is 3.11 bits per heavy atom. The van der Waals surface area contributed by atoms with Gasteiger partial charge in [-0.3, -0.25) is 9.59 Å². The van der Waals surface area contributed by atoms with E-state index < -0.39 is 0 Å². The summed E-state index contributed by atoms with van der Waals surface area (Å²) in [6, 6.07) is 5.13. The molecule has 2 amide bonds. The van der Waals surface area contributed by atoms with Crippen molar-refractivity contribution < 1.29 is 9.59 Å². The van der Waals surface area contributed by atoms with Gasteiger partial charge in [-0.25, -0.2) is 0 Å². The van der Waals surface area contributed by atoms with Gasteiger partial charge in [0, 0.05) is 22.8 Å². The second-order valence-electron chi connectivity index (χ2n) is 3.83. The number of amides is 2. The van der Waals surface area contributed by atoms with E-state index in [4.69, 9.17) is 0 Å². The van der Waals surface area contributed by atoms with E-state index in [0.717, 1.165) is 22.8 Å². The lowest BCUT2D eigenvalue weighted by atomic mass is 10.1. The Morgan fingerprint density at radius 2 is 2.33 bits per heavy atom. The van der Waals surface area contributed by atoms with Gasteiger partial charge in [-0.05, 0) is 23.8 Å². The zero-order chi connectivity index (χ0) is 12.5. The van der Waals surface area contributed by atoms with Crippen LogP contribution in [0.4, 0.5) is 10.7 Å². The monoisotopic (exact) mass is 260 g/mol. The van der Waals surface area contributed by atoms with Gasteiger partial charge in [0.1, 0.15) is 5.00 Å². The highest BCUT2D eigenvalue weighted by Crippen LogP contribution is 2.24. The lowest BCUT2D eigenvalue weighted by Crippen LogP contribution is -2.11. The molecule has 0 aliphatic carbocycles. The fourth-order valence-electron chi connectivity index (χ4n) is 1.78. The van der Waals surface area contributed by atoms with Crippen LogP contribution >= 0.6 is 11.5 Å². The number of nitrogens with one attached hydrogen (secondary N) is 2. The first kappa shape index (κ1) is 10.8. The number of hydrogen-bond donors (Lipinski definition) is 2. The first-order valence-electron chi connectivity index (χ1n) is 5.24. The molecule has 2 aromatic rings. The van der Waals surface area contributed by atoms with Crippen molar-refractivity contribution in [3.63, 3.8) is 0 Å². The number of carbonyl (C=O) groups excluding carboxylic acids is 2. The van der Waals surface area contributed by atoms with Gasteiger partial charge >= 0.3 is 0 Å². The Morgan fingerprint density at radius 1 is 1.44 bits per heavy atom. The summed E-state index contributed by atoms with van der Waals surface area (Å²) in [4.78, 5) is 23.1. The summed E-state index contributed by atoms with van der Waals surface area (Å²) in [5.41, 5.74) is 2.13. The third kappa shape index (κ3) is 1.95. The zero-order valence-electron chi connectivity index (χ0n) is 9.14. The topological polar surface area (TPSA) is 84.0 Å². The maximum Gasteiger partial charge on any atom is 0.256 e. The number of anilines is 2. The van der Waals surface area contributed by atoms with Crippen LogP contribution in [0, 0.1) is 0 Å². The van der Waals surface area contributed by atoms with E-state index in [1.165, 1.54) is 6.20 Å². The average molecular weight is 260 g/mol. The second kappa shape index (κ2) is 4.19. The zero-order valence-corrected chi connectivity index (χ0v) is 9.95. The summed E-state index contributed by atoms with van der Waals surface area (Å²) < 4.78 is 3.66. The molecular weight excluding hydrogens is 252 g/mol. The molecule has 0 unspecified atom stereocenters. The molecule has 2 heterocycles. The van der Waals surface area contributed by atoms with Crippen molar-refractivity contribution in [3.8, 4) is 0 Å². The van der Waals surface area contributed by atoms with Crippen LogP contribution in [0.15, 0.2) is 24.4 Å². The van der Waals surface area contributed by atoms with Gasteiger partial charge in [0.2, 0.25) is 5.91 Å². The minimum atomic E-state index is -0.233. The minimum Gasteiger partial charge on any atom is -0.326 e. The largest absolute Gasteiger partial charge is 0.326 e. The highest BCUT2D eigenvalue weighted by Gasteiger charge is 2.19. The van der Waals surface area contributed by atoms with Crippen LogP contribution in [0.2, 0.25) is 0 Å². The number of hydrogen-bond acceptors (Lipinski definition) is 5. The lowest BCUT2D eigenvalue weighted by molar-refractivity contribution is -0.115. The maximum atomic E-state index is 11.9. The molecule has 0 saturated heterocycles. The predicted molar refractivity (Wildman–Crippen MR) is 66.6 cm³/mol. The molecule has 0 atom stereocenters. The third-order valence-corrected chi connectivity index (χ3v) is 3.17. The van der Waals surface area contributed by atoms with Gasteiger partial charge in [-0.15, -0.1) is 5.10 Å². The molecule has 0 fully saturated rings. The number of fused-ring (bicyclic) bond motifs is 1. The summed E-state index contributed by atoms with van der Waals surface area (Å²) in [5, 5.41) is 9.64. The summed E-state index contributed by atoms with van der Waals surface area (Å²) in [6.07, 6.45) is 1.81. The Bertz CT molecular complexity index is 624. The van der Waals surface area contributed by atoms with Gasteiger partial charge in [-0.1, -0.05) is 4.49 Å². The van der Waals surface area contributed by atoms with Crippen LogP contribution in [0.1, 0.15) is 15.9 Å². The van der Waals surface area contributed by atoms with Crippen LogP contribution < -0.4 is 10.6 Å². The summed E-state index contributed by atoms with van der Waals surface area (Å²) in [7, 11) is 0. The quantitative estimate of drug-likeness (QED) is 0.852. The van der Waals surface area contributed by atoms with Crippen LogP contribution in [0.3, 0.4) is 0 Å². The van der Waals surface area contributed by atoms with E-state index >= 15 is 0 Å². The third-order valence-electron chi connectivity index (χ3n) is 2.59. The number of nitrogens with zero attached hydrogens (tertiary/aromatic N) is 2. The Balaban J connectivity index is 1.83. The Hall–Kier alpha value is -2.28. The molecule has 0 spiro atoms. The molecule has 18 heavy (non-hydrogen) atoms. The van der Waals surface area contributed by atoms with Crippen molar-refractivity contribution >= 4 is 34.0 Å². The SMILES string of the molecule is O=C1Cc2cc(C(=O)Nc3cnns3)ccc2N1. The molecule has 1 aliphatic heterocycles. The Kier molecular flexibility index (Phi) is 2.52. The molecule has 3 rings (SSSR count). The maximum absolute atomic E-state index is 11.9. The molecule has 0 bridgehead atoms. The molecule has 1 aromatic carbocycles. The first-order chi connectivity index (χ1) is 8.72. The van der Waals surface area contributed by atoms with E-state index in [9.17, 15) is 9.59 Å². The number of rotatable bonds is 2. The molecule has 1 aromatic heterocycles. The second-order valence-corrected chi connectivity index (χ2v) is 4.62. The fraction of sp³-hybridized carbons (Fsp3) is 0.0909. The number of benzene rings is 1.